The Morgan fingerprint density at radius 3 is 2.45 bits per heavy atom. The molecule has 0 fully saturated rings. The number of hydrogen-bond donors (Lipinski definition) is 1. The van der Waals surface area contributed by atoms with Gasteiger partial charge in [0.2, 0.25) is 0 Å². The highest BCUT2D eigenvalue weighted by atomic mass is 32.1. The van der Waals surface area contributed by atoms with Gasteiger partial charge in [-0.25, -0.2) is 9.78 Å². The maximum absolute atomic E-state index is 12.8. The Balaban J connectivity index is 1.59. The van der Waals surface area contributed by atoms with Crippen molar-refractivity contribution >= 4 is 33.2 Å². The topological polar surface area (TPSA) is 78.4 Å². The van der Waals surface area contributed by atoms with Crippen LogP contribution in [-0.4, -0.2) is 11.0 Å². The van der Waals surface area contributed by atoms with Crippen molar-refractivity contribution in [1.82, 2.24) is 4.98 Å². The van der Waals surface area contributed by atoms with Gasteiger partial charge in [0.25, 0.3) is 0 Å². The summed E-state index contributed by atoms with van der Waals surface area (Å²) in [6.07, 6.45) is 1.61. The van der Waals surface area contributed by atoms with Crippen molar-refractivity contribution in [3.05, 3.63) is 95.6 Å². The molecule has 152 valence electrons. The van der Waals surface area contributed by atoms with Crippen LogP contribution in [0.1, 0.15) is 15.2 Å². The normalized spacial score (nSPS) is 11.0. The van der Waals surface area contributed by atoms with E-state index in [-0.39, 0.29) is 6.61 Å². The molecule has 0 amide bonds. The van der Waals surface area contributed by atoms with Crippen LogP contribution >= 0.6 is 11.3 Å². The van der Waals surface area contributed by atoms with Gasteiger partial charge < -0.3 is 14.9 Å². The number of fused-ring (bicyclic) bond motifs is 1. The minimum atomic E-state index is -0.462. The summed E-state index contributed by atoms with van der Waals surface area (Å²) in [4.78, 5) is 18.6. The minimum Gasteiger partial charge on any atom is -0.464 e. The Kier molecular flexibility index (Phi) is 4.98. The van der Waals surface area contributed by atoms with Gasteiger partial charge in [0.05, 0.1) is 17.6 Å². The van der Waals surface area contributed by atoms with Crippen LogP contribution in [0.5, 0.6) is 0 Å². The third-order valence-corrected chi connectivity index (χ3v) is 6.03. The number of carbonyl (C=O) groups is 1. The molecule has 3 heterocycles. The summed E-state index contributed by atoms with van der Waals surface area (Å²) in [5, 5.41) is 0.700. The van der Waals surface area contributed by atoms with Crippen LogP contribution in [0.25, 0.3) is 32.8 Å². The van der Waals surface area contributed by atoms with Gasteiger partial charge >= 0.3 is 5.97 Å². The lowest BCUT2D eigenvalue weighted by Gasteiger charge is -2.07. The maximum atomic E-state index is 12.8. The zero-order chi connectivity index (χ0) is 21.2. The SMILES string of the molecule is Nc1c(C(=O)OCc2ccccc2)sc2nc(-c3ccccc3)cc(-c3ccco3)c12. The number of benzene rings is 2. The number of esters is 1. The zero-order valence-electron chi connectivity index (χ0n) is 16.4. The highest BCUT2D eigenvalue weighted by Crippen LogP contribution is 2.41. The first-order valence-electron chi connectivity index (χ1n) is 9.74. The van der Waals surface area contributed by atoms with E-state index < -0.39 is 5.97 Å². The van der Waals surface area contributed by atoms with E-state index in [1.807, 2.05) is 78.9 Å². The van der Waals surface area contributed by atoms with Crippen LogP contribution in [0.3, 0.4) is 0 Å². The molecular weight excluding hydrogens is 408 g/mol. The molecule has 0 spiro atoms. The number of nitrogens with zero attached hydrogens (tertiary/aromatic N) is 1. The number of pyridine rings is 1. The number of hydrogen-bond acceptors (Lipinski definition) is 6. The molecule has 0 radical (unpaired) electrons. The molecule has 5 rings (SSSR count). The first kappa shape index (κ1) is 19.1. The van der Waals surface area contributed by atoms with Gasteiger partial charge in [-0.15, -0.1) is 11.3 Å². The van der Waals surface area contributed by atoms with Gasteiger partial charge in [-0.1, -0.05) is 60.7 Å². The van der Waals surface area contributed by atoms with Gasteiger partial charge in [0, 0.05) is 16.5 Å². The van der Waals surface area contributed by atoms with Crippen LogP contribution in [0.2, 0.25) is 0 Å². The molecule has 3 aromatic heterocycles. The summed E-state index contributed by atoms with van der Waals surface area (Å²) in [6.45, 7) is 0.182. The van der Waals surface area contributed by atoms with Crippen molar-refractivity contribution in [3.8, 4) is 22.6 Å². The summed E-state index contributed by atoms with van der Waals surface area (Å²) in [5.74, 6) is 0.203. The Hall–Kier alpha value is -3.90. The molecule has 2 N–H and O–H groups in total. The minimum absolute atomic E-state index is 0.182. The van der Waals surface area contributed by atoms with E-state index in [4.69, 9.17) is 19.9 Å². The molecule has 0 atom stereocenters. The fourth-order valence-corrected chi connectivity index (χ4v) is 4.46. The Morgan fingerprint density at radius 1 is 1.00 bits per heavy atom. The first-order valence-corrected chi connectivity index (χ1v) is 10.6. The Morgan fingerprint density at radius 2 is 1.74 bits per heavy atom. The molecule has 0 unspecified atom stereocenters. The van der Waals surface area contributed by atoms with Crippen molar-refractivity contribution in [2.45, 2.75) is 6.61 Å². The van der Waals surface area contributed by atoms with Crippen molar-refractivity contribution < 1.29 is 13.9 Å². The smallest absolute Gasteiger partial charge is 0.350 e. The quantitative estimate of drug-likeness (QED) is 0.340. The summed E-state index contributed by atoms with van der Waals surface area (Å²) < 4.78 is 11.2. The molecule has 0 bridgehead atoms. The van der Waals surface area contributed by atoms with E-state index in [2.05, 4.69) is 0 Å². The Bertz CT molecular complexity index is 1340. The second kappa shape index (κ2) is 8.08. The lowest BCUT2D eigenvalue weighted by atomic mass is 10.0. The van der Waals surface area contributed by atoms with E-state index >= 15 is 0 Å². The van der Waals surface area contributed by atoms with Crippen LogP contribution in [0.15, 0.2) is 89.5 Å². The number of ether oxygens (including phenoxy) is 1. The van der Waals surface area contributed by atoms with Gasteiger partial charge in [0.1, 0.15) is 22.1 Å². The fraction of sp³-hybridized carbons (Fsp3) is 0.0400. The molecule has 0 saturated carbocycles. The molecule has 2 aromatic carbocycles. The van der Waals surface area contributed by atoms with Crippen LogP contribution in [-0.2, 0) is 11.3 Å². The monoisotopic (exact) mass is 426 g/mol. The average Bonchev–Trinajstić information content (AvgIpc) is 3.47. The summed E-state index contributed by atoms with van der Waals surface area (Å²) >= 11 is 1.24. The van der Waals surface area contributed by atoms with E-state index in [0.717, 1.165) is 22.4 Å². The lowest BCUT2D eigenvalue weighted by Crippen LogP contribution is -2.05. The highest BCUT2D eigenvalue weighted by molar-refractivity contribution is 7.21. The largest absolute Gasteiger partial charge is 0.464 e. The lowest BCUT2D eigenvalue weighted by molar-refractivity contribution is 0.0480. The Labute approximate surface area is 182 Å². The molecule has 0 aliphatic rings. The number of aromatic nitrogens is 1. The number of carbonyl (C=O) groups excluding carboxylic acids is 1. The first-order chi connectivity index (χ1) is 15.2. The fourth-order valence-electron chi connectivity index (χ4n) is 3.44. The highest BCUT2D eigenvalue weighted by Gasteiger charge is 2.23. The number of nitrogen functional groups attached to an aromatic ring is 1. The van der Waals surface area contributed by atoms with Crippen molar-refractivity contribution in [2.75, 3.05) is 5.73 Å². The molecule has 0 saturated heterocycles. The van der Waals surface area contributed by atoms with Crippen LogP contribution < -0.4 is 5.73 Å². The predicted octanol–water partition coefficient (Wildman–Crippen LogP) is 6.16. The van der Waals surface area contributed by atoms with E-state index in [0.29, 0.717) is 26.5 Å². The second-order valence-corrected chi connectivity index (χ2v) is 7.98. The zero-order valence-corrected chi connectivity index (χ0v) is 17.3. The summed E-state index contributed by atoms with van der Waals surface area (Å²) in [7, 11) is 0. The number of furan rings is 1. The molecule has 0 aliphatic carbocycles. The maximum Gasteiger partial charge on any atom is 0.350 e. The van der Waals surface area contributed by atoms with E-state index in [1.165, 1.54) is 11.3 Å². The predicted molar refractivity (Wildman–Crippen MR) is 123 cm³/mol. The summed E-state index contributed by atoms with van der Waals surface area (Å²) in [5.41, 5.74) is 10.3. The third kappa shape index (κ3) is 3.69. The third-order valence-electron chi connectivity index (χ3n) is 4.95. The van der Waals surface area contributed by atoms with Gasteiger partial charge in [-0.3, -0.25) is 0 Å². The molecule has 31 heavy (non-hydrogen) atoms. The number of rotatable bonds is 5. The van der Waals surface area contributed by atoms with Crippen molar-refractivity contribution in [3.63, 3.8) is 0 Å². The van der Waals surface area contributed by atoms with Crippen molar-refractivity contribution in [2.24, 2.45) is 0 Å². The number of anilines is 1. The average molecular weight is 426 g/mol. The van der Waals surface area contributed by atoms with Gasteiger partial charge in [0.15, 0.2) is 0 Å². The van der Waals surface area contributed by atoms with Crippen molar-refractivity contribution in [1.29, 1.82) is 0 Å². The van der Waals surface area contributed by atoms with Gasteiger partial charge in [-0.2, -0.15) is 0 Å². The molecule has 5 aromatic rings. The molecule has 0 aliphatic heterocycles. The van der Waals surface area contributed by atoms with Gasteiger partial charge in [-0.05, 0) is 23.8 Å². The summed E-state index contributed by atoms with van der Waals surface area (Å²) in [6, 6.07) is 25.0. The second-order valence-electron chi connectivity index (χ2n) is 6.99. The number of nitrogens with two attached hydrogens (primary N) is 1. The standard InChI is InChI=1S/C25H18N2O3S/c26-22-21-18(20-12-7-13-29-20)14-19(17-10-5-2-6-11-17)27-24(21)31-23(22)25(28)30-15-16-8-3-1-4-9-16/h1-14H,15,26H2. The molecule has 6 heteroatoms. The van der Waals surface area contributed by atoms with E-state index in [1.54, 1.807) is 6.26 Å². The van der Waals surface area contributed by atoms with Crippen LogP contribution in [0, 0.1) is 0 Å². The molecule has 5 nitrogen and oxygen atoms in total. The molecular formula is C25H18N2O3S. The van der Waals surface area contributed by atoms with E-state index in [9.17, 15) is 4.79 Å². The number of thiophene rings is 1. The van der Waals surface area contributed by atoms with Crippen LogP contribution in [0.4, 0.5) is 5.69 Å².